The molecular formula is C17H16BrNO4. The second-order valence-electron chi connectivity index (χ2n) is 4.90. The number of carbonyl (C=O) groups is 2. The van der Waals surface area contributed by atoms with Crippen molar-refractivity contribution in [2.75, 3.05) is 7.11 Å². The lowest BCUT2D eigenvalue weighted by atomic mass is 10.1. The van der Waals surface area contributed by atoms with E-state index in [1.165, 1.54) is 19.2 Å². The van der Waals surface area contributed by atoms with E-state index in [9.17, 15) is 14.7 Å². The van der Waals surface area contributed by atoms with Crippen molar-refractivity contribution in [3.05, 3.63) is 64.1 Å². The number of amides is 1. The van der Waals surface area contributed by atoms with E-state index in [-0.39, 0.29) is 11.3 Å². The van der Waals surface area contributed by atoms with E-state index >= 15 is 0 Å². The molecule has 0 bridgehead atoms. The van der Waals surface area contributed by atoms with Gasteiger partial charge < -0.3 is 15.2 Å². The molecule has 0 aliphatic carbocycles. The number of phenols is 1. The molecular weight excluding hydrogens is 362 g/mol. The van der Waals surface area contributed by atoms with Gasteiger partial charge in [-0.25, -0.2) is 4.79 Å². The molecule has 0 heterocycles. The minimum Gasteiger partial charge on any atom is -0.507 e. The van der Waals surface area contributed by atoms with Crippen LogP contribution in [0.25, 0.3) is 0 Å². The number of rotatable bonds is 5. The van der Waals surface area contributed by atoms with E-state index in [0.717, 1.165) is 5.56 Å². The van der Waals surface area contributed by atoms with Crippen molar-refractivity contribution >= 4 is 27.8 Å². The maximum Gasteiger partial charge on any atom is 0.328 e. The standard InChI is InChI=1S/C17H16BrNO4/c1-23-17(22)14(9-11-5-3-2-4-6-11)19-16(21)13-10-12(18)7-8-15(13)20/h2-8,10,14,20H,9H2,1H3,(H,19,21)/t14-/m0/s1. The van der Waals surface area contributed by atoms with Crippen LogP contribution in [0.4, 0.5) is 0 Å². The van der Waals surface area contributed by atoms with Gasteiger partial charge in [0.1, 0.15) is 11.8 Å². The van der Waals surface area contributed by atoms with Crippen molar-refractivity contribution < 1.29 is 19.4 Å². The molecule has 0 unspecified atom stereocenters. The maximum absolute atomic E-state index is 12.3. The van der Waals surface area contributed by atoms with Gasteiger partial charge in [-0.05, 0) is 23.8 Å². The van der Waals surface area contributed by atoms with E-state index in [1.54, 1.807) is 6.07 Å². The maximum atomic E-state index is 12.3. The third kappa shape index (κ3) is 4.56. The SMILES string of the molecule is COC(=O)[C@H](Cc1ccccc1)NC(=O)c1cc(Br)ccc1O. The van der Waals surface area contributed by atoms with Crippen molar-refractivity contribution in [3.8, 4) is 5.75 Å². The highest BCUT2D eigenvalue weighted by Crippen LogP contribution is 2.22. The Bertz CT molecular complexity index is 703. The summed E-state index contributed by atoms with van der Waals surface area (Å²) in [7, 11) is 1.27. The Morgan fingerprint density at radius 3 is 2.57 bits per heavy atom. The third-order valence-corrected chi connectivity index (χ3v) is 3.77. The number of carbonyl (C=O) groups excluding carboxylic acids is 2. The van der Waals surface area contributed by atoms with E-state index in [4.69, 9.17) is 4.74 Å². The van der Waals surface area contributed by atoms with E-state index in [1.807, 2.05) is 30.3 Å². The van der Waals surface area contributed by atoms with Gasteiger partial charge in [-0.1, -0.05) is 46.3 Å². The number of halogens is 1. The van der Waals surface area contributed by atoms with Gasteiger partial charge in [-0.15, -0.1) is 0 Å². The number of hydrogen-bond acceptors (Lipinski definition) is 4. The zero-order valence-electron chi connectivity index (χ0n) is 12.5. The zero-order chi connectivity index (χ0) is 16.8. The Labute approximate surface area is 142 Å². The van der Waals surface area contributed by atoms with Crippen LogP contribution in [0.3, 0.4) is 0 Å². The topological polar surface area (TPSA) is 75.6 Å². The van der Waals surface area contributed by atoms with Crippen molar-refractivity contribution in [3.63, 3.8) is 0 Å². The summed E-state index contributed by atoms with van der Waals surface area (Å²) >= 11 is 3.24. The first kappa shape index (κ1) is 17.0. The molecule has 0 aromatic heterocycles. The molecule has 1 atom stereocenters. The molecule has 23 heavy (non-hydrogen) atoms. The lowest BCUT2D eigenvalue weighted by Crippen LogP contribution is -2.43. The summed E-state index contributed by atoms with van der Waals surface area (Å²) < 4.78 is 5.40. The number of methoxy groups -OCH3 is 1. The largest absolute Gasteiger partial charge is 0.507 e. The molecule has 0 saturated carbocycles. The second kappa shape index (κ2) is 7.78. The molecule has 120 valence electrons. The summed E-state index contributed by atoms with van der Waals surface area (Å²) in [4.78, 5) is 24.3. The van der Waals surface area contributed by atoms with Crippen molar-refractivity contribution in [2.45, 2.75) is 12.5 Å². The van der Waals surface area contributed by atoms with Gasteiger partial charge in [0.15, 0.2) is 0 Å². The summed E-state index contributed by atoms with van der Waals surface area (Å²) in [5, 5.41) is 12.4. The smallest absolute Gasteiger partial charge is 0.328 e. The summed E-state index contributed by atoms with van der Waals surface area (Å²) in [5.74, 6) is -1.25. The van der Waals surface area contributed by atoms with Crippen molar-refractivity contribution in [1.82, 2.24) is 5.32 Å². The molecule has 0 fully saturated rings. The lowest BCUT2D eigenvalue weighted by molar-refractivity contribution is -0.142. The molecule has 0 spiro atoms. The van der Waals surface area contributed by atoms with Gasteiger partial charge in [-0.3, -0.25) is 4.79 Å². The highest BCUT2D eigenvalue weighted by Gasteiger charge is 2.23. The van der Waals surface area contributed by atoms with Gasteiger partial charge in [-0.2, -0.15) is 0 Å². The quantitative estimate of drug-likeness (QED) is 0.785. The first-order valence-corrected chi connectivity index (χ1v) is 7.71. The number of ether oxygens (including phenoxy) is 1. The number of benzene rings is 2. The van der Waals surface area contributed by atoms with Crippen LogP contribution in [-0.4, -0.2) is 30.1 Å². The van der Waals surface area contributed by atoms with Gasteiger partial charge in [0, 0.05) is 10.9 Å². The average Bonchev–Trinajstić information content (AvgIpc) is 2.56. The summed E-state index contributed by atoms with van der Waals surface area (Å²) in [6.07, 6.45) is 0.300. The Hall–Kier alpha value is -2.34. The fourth-order valence-electron chi connectivity index (χ4n) is 2.11. The van der Waals surface area contributed by atoms with Crippen LogP contribution in [0, 0.1) is 0 Å². The highest BCUT2D eigenvalue weighted by molar-refractivity contribution is 9.10. The van der Waals surface area contributed by atoms with Crippen LogP contribution in [0.5, 0.6) is 5.75 Å². The first-order chi connectivity index (χ1) is 11.0. The highest BCUT2D eigenvalue weighted by atomic mass is 79.9. The first-order valence-electron chi connectivity index (χ1n) is 6.92. The number of esters is 1. The minimum atomic E-state index is -0.840. The van der Waals surface area contributed by atoms with Gasteiger partial charge >= 0.3 is 5.97 Å². The molecule has 2 aromatic rings. The molecule has 0 radical (unpaired) electrons. The molecule has 2 rings (SSSR count). The summed E-state index contributed by atoms with van der Waals surface area (Å²) in [6, 6.07) is 13.0. The zero-order valence-corrected chi connectivity index (χ0v) is 14.0. The molecule has 2 aromatic carbocycles. The molecule has 0 aliphatic rings. The van der Waals surface area contributed by atoms with E-state index in [2.05, 4.69) is 21.2 Å². The van der Waals surface area contributed by atoms with Crippen LogP contribution < -0.4 is 5.32 Å². The molecule has 2 N–H and O–H groups in total. The fraction of sp³-hybridized carbons (Fsp3) is 0.176. The van der Waals surface area contributed by atoms with Crippen LogP contribution in [-0.2, 0) is 16.0 Å². The Morgan fingerprint density at radius 1 is 1.22 bits per heavy atom. The Kier molecular flexibility index (Phi) is 5.76. The third-order valence-electron chi connectivity index (χ3n) is 3.28. The predicted octanol–water partition coefficient (Wildman–Crippen LogP) is 2.67. The van der Waals surface area contributed by atoms with Crippen LogP contribution in [0.1, 0.15) is 15.9 Å². The average molecular weight is 378 g/mol. The number of nitrogens with one attached hydrogen (secondary N) is 1. The minimum absolute atomic E-state index is 0.0846. The van der Waals surface area contributed by atoms with Crippen LogP contribution in [0.15, 0.2) is 53.0 Å². The second-order valence-corrected chi connectivity index (χ2v) is 5.82. The molecule has 6 heteroatoms. The molecule has 1 amide bonds. The normalized spacial score (nSPS) is 11.6. The number of phenolic OH excluding ortho intramolecular Hbond substituents is 1. The van der Waals surface area contributed by atoms with Crippen LogP contribution in [0.2, 0.25) is 0 Å². The van der Waals surface area contributed by atoms with E-state index < -0.39 is 17.9 Å². The van der Waals surface area contributed by atoms with Gasteiger partial charge in [0.05, 0.1) is 12.7 Å². The van der Waals surface area contributed by atoms with Crippen molar-refractivity contribution in [2.24, 2.45) is 0 Å². The molecule has 0 saturated heterocycles. The summed E-state index contributed by atoms with van der Waals surface area (Å²) in [6.45, 7) is 0. The lowest BCUT2D eigenvalue weighted by Gasteiger charge is -2.17. The van der Waals surface area contributed by atoms with Gasteiger partial charge in [0.25, 0.3) is 5.91 Å². The predicted molar refractivity (Wildman–Crippen MR) is 89.2 cm³/mol. The Morgan fingerprint density at radius 2 is 1.91 bits per heavy atom. The molecule has 0 aliphatic heterocycles. The number of hydrogen-bond donors (Lipinski definition) is 2. The monoisotopic (exact) mass is 377 g/mol. The van der Waals surface area contributed by atoms with Crippen LogP contribution >= 0.6 is 15.9 Å². The van der Waals surface area contributed by atoms with E-state index in [0.29, 0.717) is 10.9 Å². The Balaban J connectivity index is 2.18. The number of aromatic hydroxyl groups is 1. The van der Waals surface area contributed by atoms with Gasteiger partial charge in [0.2, 0.25) is 0 Å². The van der Waals surface area contributed by atoms with Crippen molar-refractivity contribution in [1.29, 1.82) is 0 Å². The molecule has 5 nitrogen and oxygen atoms in total. The summed E-state index contributed by atoms with van der Waals surface area (Å²) in [5.41, 5.74) is 0.975. The fourth-order valence-corrected chi connectivity index (χ4v) is 2.47.